The molecule has 1 heterocycles. The van der Waals surface area contributed by atoms with Crippen molar-refractivity contribution < 1.29 is 9.90 Å². The molecular formula is C11H16N2O3. The molecule has 1 saturated carbocycles. The quantitative estimate of drug-likeness (QED) is 0.752. The van der Waals surface area contributed by atoms with Crippen LogP contribution in [-0.4, -0.2) is 20.6 Å². The van der Waals surface area contributed by atoms with Crippen molar-refractivity contribution in [2.75, 3.05) is 0 Å². The van der Waals surface area contributed by atoms with Crippen LogP contribution in [0.4, 0.5) is 0 Å². The number of carboxylic acids is 1. The monoisotopic (exact) mass is 224 g/mol. The van der Waals surface area contributed by atoms with Gasteiger partial charge in [0.05, 0.1) is 0 Å². The number of rotatable bonds is 2. The number of carbonyl (C=O) groups is 1. The highest BCUT2D eigenvalue weighted by molar-refractivity contribution is 5.85. The fourth-order valence-corrected chi connectivity index (χ4v) is 2.42. The number of nitrogens with one attached hydrogen (secondary N) is 1. The standard InChI is InChI=1S/C11H16N2O3/c14-10(15)9-7-12-11(16)13(9)8-5-3-1-2-4-6-8/h7-8H,1-6H2,(H,12,16)(H,14,15). The zero-order valence-corrected chi connectivity index (χ0v) is 9.11. The van der Waals surface area contributed by atoms with Gasteiger partial charge in [-0.3, -0.25) is 4.57 Å². The van der Waals surface area contributed by atoms with E-state index in [9.17, 15) is 9.59 Å². The summed E-state index contributed by atoms with van der Waals surface area (Å²) in [6.45, 7) is 0. The minimum Gasteiger partial charge on any atom is -0.477 e. The normalized spacial score (nSPS) is 18.2. The van der Waals surface area contributed by atoms with Crippen molar-refractivity contribution in [2.24, 2.45) is 0 Å². The fourth-order valence-electron chi connectivity index (χ4n) is 2.42. The largest absolute Gasteiger partial charge is 0.477 e. The van der Waals surface area contributed by atoms with Crippen molar-refractivity contribution in [1.29, 1.82) is 0 Å². The summed E-state index contributed by atoms with van der Waals surface area (Å²) in [5, 5.41) is 9.00. The first kappa shape index (κ1) is 11.0. The van der Waals surface area contributed by atoms with Gasteiger partial charge in [-0.15, -0.1) is 0 Å². The molecule has 0 aromatic carbocycles. The summed E-state index contributed by atoms with van der Waals surface area (Å²) in [4.78, 5) is 25.0. The summed E-state index contributed by atoms with van der Waals surface area (Å²) >= 11 is 0. The SMILES string of the molecule is O=C(O)c1c[nH]c(=O)n1C1CCCCCC1. The lowest BCUT2D eigenvalue weighted by atomic mass is 10.1. The molecule has 1 aromatic heterocycles. The lowest BCUT2D eigenvalue weighted by Gasteiger charge is -2.16. The van der Waals surface area contributed by atoms with Crippen LogP contribution in [-0.2, 0) is 0 Å². The van der Waals surface area contributed by atoms with Crippen molar-refractivity contribution in [2.45, 2.75) is 44.6 Å². The number of carboxylic acid groups (broad SMARTS) is 1. The maximum absolute atomic E-state index is 11.6. The maximum atomic E-state index is 11.6. The average Bonchev–Trinajstić information content (AvgIpc) is 2.50. The Kier molecular flexibility index (Phi) is 3.12. The van der Waals surface area contributed by atoms with E-state index in [4.69, 9.17) is 5.11 Å². The molecule has 0 amide bonds. The van der Waals surface area contributed by atoms with Gasteiger partial charge in [0, 0.05) is 12.2 Å². The second-order valence-corrected chi connectivity index (χ2v) is 4.30. The van der Waals surface area contributed by atoms with E-state index < -0.39 is 5.97 Å². The number of nitrogens with zero attached hydrogens (tertiary/aromatic N) is 1. The van der Waals surface area contributed by atoms with Crippen molar-refractivity contribution in [3.05, 3.63) is 22.4 Å². The molecule has 1 aliphatic rings. The number of hydrogen-bond acceptors (Lipinski definition) is 2. The number of hydrogen-bond donors (Lipinski definition) is 2. The molecular weight excluding hydrogens is 208 g/mol. The Labute approximate surface area is 93.1 Å². The van der Waals surface area contributed by atoms with Gasteiger partial charge in [-0.05, 0) is 12.8 Å². The molecule has 1 aliphatic carbocycles. The van der Waals surface area contributed by atoms with Gasteiger partial charge in [-0.1, -0.05) is 25.7 Å². The van der Waals surface area contributed by atoms with Crippen LogP contribution in [0.3, 0.4) is 0 Å². The number of imidazole rings is 1. The van der Waals surface area contributed by atoms with Gasteiger partial charge in [-0.2, -0.15) is 0 Å². The Morgan fingerprint density at radius 3 is 2.50 bits per heavy atom. The predicted octanol–water partition coefficient (Wildman–Crippen LogP) is 1.77. The Morgan fingerprint density at radius 1 is 1.31 bits per heavy atom. The molecule has 0 unspecified atom stereocenters. The van der Waals surface area contributed by atoms with Crippen LogP contribution in [0.5, 0.6) is 0 Å². The topological polar surface area (TPSA) is 75.1 Å². The first-order chi connectivity index (χ1) is 7.70. The molecule has 0 radical (unpaired) electrons. The predicted molar refractivity (Wildman–Crippen MR) is 58.8 cm³/mol. The van der Waals surface area contributed by atoms with Gasteiger partial charge < -0.3 is 10.1 Å². The highest BCUT2D eigenvalue weighted by Crippen LogP contribution is 2.26. The molecule has 5 nitrogen and oxygen atoms in total. The van der Waals surface area contributed by atoms with Crippen molar-refractivity contribution >= 4 is 5.97 Å². The molecule has 0 bridgehead atoms. The highest BCUT2D eigenvalue weighted by atomic mass is 16.4. The summed E-state index contributed by atoms with van der Waals surface area (Å²) < 4.78 is 1.41. The molecule has 0 spiro atoms. The van der Waals surface area contributed by atoms with Gasteiger partial charge in [0.1, 0.15) is 5.69 Å². The second kappa shape index (κ2) is 4.55. The van der Waals surface area contributed by atoms with Gasteiger partial charge in [0.25, 0.3) is 0 Å². The van der Waals surface area contributed by atoms with Crippen LogP contribution in [0.25, 0.3) is 0 Å². The molecule has 5 heteroatoms. The fraction of sp³-hybridized carbons (Fsp3) is 0.636. The lowest BCUT2D eigenvalue weighted by Crippen LogP contribution is -2.25. The van der Waals surface area contributed by atoms with E-state index in [2.05, 4.69) is 4.98 Å². The van der Waals surface area contributed by atoms with E-state index in [1.54, 1.807) is 0 Å². The number of aromatic carboxylic acids is 1. The molecule has 1 fully saturated rings. The molecule has 2 rings (SSSR count). The molecule has 0 saturated heterocycles. The van der Waals surface area contributed by atoms with Crippen LogP contribution in [0.1, 0.15) is 55.1 Å². The first-order valence-corrected chi connectivity index (χ1v) is 5.73. The zero-order chi connectivity index (χ0) is 11.5. The maximum Gasteiger partial charge on any atom is 0.354 e. The van der Waals surface area contributed by atoms with E-state index in [1.807, 2.05) is 0 Å². The van der Waals surface area contributed by atoms with E-state index in [0.29, 0.717) is 0 Å². The molecule has 88 valence electrons. The van der Waals surface area contributed by atoms with Crippen LogP contribution in [0.15, 0.2) is 11.0 Å². The Bertz CT molecular complexity index is 425. The molecule has 0 aliphatic heterocycles. The Hall–Kier alpha value is -1.52. The molecule has 16 heavy (non-hydrogen) atoms. The first-order valence-electron chi connectivity index (χ1n) is 5.73. The van der Waals surface area contributed by atoms with E-state index in [1.165, 1.54) is 23.6 Å². The summed E-state index contributed by atoms with van der Waals surface area (Å²) in [7, 11) is 0. The molecule has 2 N–H and O–H groups in total. The van der Waals surface area contributed by atoms with Crippen molar-refractivity contribution in [3.8, 4) is 0 Å². The minimum absolute atomic E-state index is 0.0485. The Morgan fingerprint density at radius 2 is 1.94 bits per heavy atom. The van der Waals surface area contributed by atoms with Crippen molar-refractivity contribution in [3.63, 3.8) is 0 Å². The van der Waals surface area contributed by atoms with Crippen LogP contribution in [0.2, 0.25) is 0 Å². The van der Waals surface area contributed by atoms with E-state index >= 15 is 0 Å². The Balaban J connectivity index is 2.33. The van der Waals surface area contributed by atoms with E-state index in [0.717, 1.165) is 25.7 Å². The second-order valence-electron chi connectivity index (χ2n) is 4.30. The van der Waals surface area contributed by atoms with E-state index in [-0.39, 0.29) is 17.4 Å². The minimum atomic E-state index is -1.04. The smallest absolute Gasteiger partial charge is 0.354 e. The number of H-pyrrole nitrogens is 1. The average molecular weight is 224 g/mol. The molecule has 1 aromatic rings. The van der Waals surface area contributed by atoms with Gasteiger partial charge >= 0.3 is 11.7 Å². The molecule has 0 atom stereocenters. The van der Waals surface area contributed by atoms with Crippen LogP contribution >= 0.6 is 0 Å². The summed E-state index contributed by atoms with van der Waals surface area (Å²) in [6.07, 6.45) is 7.59. The number of aromatic nitrogens is 2. The van der Waals surface area contributed by atoms with Gasteiger partial charge in [0.15, 0.2) is 0 Å². The number of aromatic amines is 1. The van der Waals surface area contributed by atoms with Crippen molar-refractivity contribution in [1.82, 2.24) is 9.55 Å². The lowest BCUT2D eigenvalue weighted by molar-refractivity contribution is 0.0681. The third-order valence-corrected chi connectivity index (χ3v) is 3.22. The summed E-state index contributed by atoms with van der Waals surface area (Å²) in [6, 6.07) is 0.0485. The van der Waals surface area contributed by atoms with Gasteiger partial charge in [-0.25, -0.2) is 9.59 Å². The third kappa shape index (κ3) is 2.03. The van der Waals surface area contributed by atoms with Gasteiger partial charge in [0.2, 0.25) is 0 Å². The third-order valence-electron chi connectivity index (χ3n) is 3.22. The van der Waals surface area contributed by atoms with Crippen LogP contribution in [0, 0.1) is 0 Å². The van der Waals surface area contributed by atoms with Crippen LogP contribution < -0.4 is 5.69 Å². The zero-order valence-electron chi connectivity index (χ0n) is 9.11. The summed E-state index contributed by atoms with van der Waals surface area (Å²) in [5.74, 6) is -1.04. The summed E-state index contributed by atoms with van der Waals surface area (Å²) in [5.41, 5.74) is -0.221. The highest BCUT2D eigenvalue weighted by Gasteiger charge is 2.21.